The van der Waals surface area contributed by atoms with Crippen LogP contribution in [0.1, 0.15) is 25.3 Å². The zero-order chi connectivity index (χ0) is 20.5. The molecule has 0 aromatic heterocycles. The number of carbonyl (C=O) groups excluding carboxylic acids is 1. The van der Waals surface area contributed by atoms with Gasteiger partial charge in [-0.3, -0.25) is 9.69 Å². The van der Waals surface area contributed by atoms with Crippen LogP contribution in [0.4, 0.5) is 0 Å². The number of esters is 1. The van der Waals surface area contributed by atoms with Crippen LogP contribution in [-0.2, 0) is 25.7 Å². The lowest BCUT2D eigenvalue weighted by Crippen LogP contribution is -2.38. The number of carboxylic acids is 2. The molecule has 7 heteroatoms. The van der Waals surface area contributed by atoms with Crippen LogP contribution in [0, 0.1) is 5.92 Å². The summed E-state index contributed by atoms with van der Waals surface area (Å²) in [6.07, 6.45) is 2.01. The Morgan fingerprint density at radius 2 is 1.75 bits per heavy atom. The summed E-state index contributed by atoms with van der Waals surface area (Å²) in [6, 6.07) is 14.9. The van der Waals surface area contributed by atoms with Gasteiger partial charge in [0.05, 0.1) is 12.5 Å². The van der Waals surface area contributed by atoms with E-state index in [1.807, 2.05) is 6.92 Å². The van der Waals surface area contributed by atoms with Crippen molar-refractivity contribution in [1.29, 1.82) is 0 Å². The third-order valence-electron chi connectivity index (χ3n) is 4.58. The maximum Gasteiger partial charge on any atom is 0.414 e. The average Bonchev–Trinajstić information content (AvgIpc) is 2.69. The first-order valence-electron chi connectivity index (χ1n) is 9.24. The van der Waals surface area contributed by atoms with E-state index in [-0.39, 0.29) is 11.9 Å². The van der Waals surface area contributed by atoms with Crippen LogP contribution in [0.15, 0.2) is 42.5 Å². The molecule has 0 amide bonds. The van der Waals surface area contributed by atoms with Crippen molar-refractivity contribution in [2.75, 3.05) is 19.7 Å². The molecule has 1 atom stereocenters. The molecule has 1 saturated heterocycles. The molecule has 0 spiro atoms. The summed E-state index contributed by atoms with van der Waals surface area (Å²) in [5, 5.41) is 17.4. The van der Waals surface area contributed by atoms with Gasteiger partial charge in [-0.1, -0.05) is 42.5 Å². The molecule has 1 aliphatic rings. The maximum atomic E-state index is 12.0. The van der Waals surface area contributed by atoms with Crippen molar-refractivity contribution in [3.8, 4) is 0 Å². The molecule has 2 N–H and O–H groups in total. The molecule has 150 valence electrons. The van der Waals surface area contributed by atoms with E-state index in [1.54, 1.807) is 0 Å². The molecule has 1 unspecified atom stereocenters. The molecule has 3 rings (SSSR count). The standard InChI is InChI=1S/C19H23NO2.C2H2O4/c1-2-22-19(21)17-10-6-12-20(14-17)13-16-9-5-8-15-7-3-4-11-18(15)16;3-1(4)2(5)6/h3-5,7-9,11,17H,2,6,10,12-14H2,1H3;(H,3,4)(H,5,6). The fourth-order valence-corrected chi connectivity index (χ4v) is 3.32. The Morgan fingerprint density at radius 1 is 1.07 bits per heavy atom. The smallest absolute Gasteiger partial charge is 0.414 e. The van der Waals surface area contributed by atoms with E-state index in [9.17, 15) is 4.79 Å². The molecule has 1 heterocycles. The number of carbonyl (C=O) groups is 3. The fraction of sp³-hybridized carbons (Fsp3) is 0.381. The third kappa shape index (κ3) is 6.06. The number of fused-ring (bicyclic) bond motifs is 1. The molecule has 1 fully saturated rings. The van der Waals surface area contributed by atoms with Crippen molar-refractivity contribution >= 4 is 28.7 Å². The molecule has 7 nitrogen and oxygen atoms in total. The van der Waals surface area contributed by atoms with Crippen LogP contribution in [0.25, 0.3) is 10.8 Å². The minimum Gasteiger partial charge on any atom is -0.473 e. The SMILES string of the molecule is CCOC(=O)C1CCCN(Cc2cccc3ccccc23)C1.O=C(O)C(=O)O. The van der Waals surface area contributed by atoms with Gasteiger partial charge in [0.1, 0.15) is 0 Å². The summed E-state index contributed by atoms with van der Waals surface area (Å²) < 4.78 is 5.18. The summed E-state index contributed by atoms with van der Waals surface area (Å²) in [4.78, 5) is 32.5. The lowest BCUT2D eigenvalue weighted by atomic mass is 9.97. The normalized spacial score (nSPS) is 16.7. The highest BCUT2D eigenvalue weighted by atomic mass is 16.5. The monoisotopic (exact) mass is 387 g/mol. The molecular weight excluding hydrogens is 362 g/mol. The fourth-order valence-electron chi connectivity index (χ4n) is 3.32. The Kier molecular flexibility index (Phi) is 7.95. The first-order chi connectivity index (χ1) is 13.4. The van der Waals surface area contributed by atoms with Gasteiger partial charge in [0.25, 0.3) is 0 Å². The van der Waals surface area contributed by atoms with Crippen LogP contribution in [0.2, 0.25) is 0 Å². The summed E-state index contributed by atoms with van der Waals surface area (Å²) in [5.41, 5.74) is 1.34. The van der Waals surface area contributed by atoms with E-state index in [1.165, 1.54) is 16.3 Å². The Labute approximate surface area is 163 Å². The highest BCUT2D eigenvalue weighted by molar-refractivity contribution is 6.27. The number of hydrogen-bond donors (Lipinski definition) is 2. The van der Waals surface area contributed by atoms with E-state index in [2.05, 4.69) is 47.4 Å². The quantitative estimate of drug-likeness (QED) is 0.614. The number of hydrogen-bond acceptors (Lipinski definition) is 5. The number of ether oxygens (including phenoxy) is 1. The topological polar surface area (TPSA) is 104 Å². The minimum absolute atomic E-state index is 0.0312. The number of nitrogens with zero attached hydrogens (tertiary/aromatic N) is 1. The molecule has 2 aromatic carbocycles. The predicted molar refractivity (Wildman–Crippen MR) is 104 cm³/mol. The van der Waals surface area contributed by atoms with Gasteiger partial charge in [-0.15, -0.1) is 0 Å². The van der Waals surface area contributed by atoms with Crippen molar-refractivity contribution in [3.63, 3.8) is 0 Å². The van der Waals surface area contributed by atoms with Crippen LogP contribution in [0.3, 0.4) is 0 Å². The number of piperidine rings is 1. The number of likely N-dealkylation sites (tertiary alicyclic amines) is 1. The highest BCUT2D eigenvalue weighted by Gasteiger charge is 2.26. The Hall–Kier alpha value is -2.93. The second-order valence-electron chi connectivity index (χ2n) is 6.57. The van der Waals surface area contributed by atoms with Crippen LogP contribution < -0.4 is 0 Å². The van der Waals surface area contributed by atoms with Gasteiger partial charge in [0, 0.05) is 13.1 Å². The molecule has 0 radical (unpaired) electrons. The van der Waals surface area contributed by atoms with Crippen molar-refractivity contribution < 1.29 is 29.3 Å². The number of carboxylic acid groups (broad SMARTS) is 2. The molecular formula is C21H25NO6. The van der Waals surface area contributed by atoms with E-state index >= 15 is 0 Å². The molecule has 2 aromatic rings. The third-order valence-corrected chi connectivity index (χ3v) is 4.58. The molecule has 0 bridgehead atoms. The van der Waals surface area contributed by atoms with Gasteiger partial charge >= 0.3 is 17.9 Å². The lowest BCUT2D eigenvalue weighted by Gasteiger charge is -2.31. The van der Waals surface area contributed by atoms with Gasteiger partial charge in [0.2, 0.25) is 0 Å². The lowest BCUT2D eigenvalue weighted by molar-refractivity contribution is -0.159. The number of benzene rings is 2. The second-order valence-corrected chi connectivity index (χ2v) is 6.57. The van der Waals surface area contributed by atoms with Crippen LogP contribution in [-0.4, -0.2) is 52.7 Å². The highest BCUT2D eigenvalue weighted by Crippen LogP contribution is 2.23. The Bertz CT molecular complexity index is 817. The van der Waals surface area contributed by atoms with E-state index in [0.29, 0.717) is 6.61 Å². The van der Waals surface area contributed by atoms with Gasteiger partial charge < -0.3 is 14.9 Å². The van der Waals surface area contributed by atoms with E-state index < -0.39 is 11.9 Å². The van der Waals surface area contributed by atoms with Gasteiger partial charge in [-0.05, 0) is 42.6 Å². The number of aliphatic carboxylic acids is 2. The first kappa shape index (κ1) is 21.4. The number of rotatable bonds is 4. The van der Waals surface area contributed by atoms with E-state index in [0.717, 1.165) is 32.5 Å². The summed E-state index contributed by atoms with van der Waals surface area (Å²) in [5.74, 6) is -3.65. The summed E-state index contributed by atoms with van der Waals surface area (Å²) in [7, 11) is 0. The molecule has 1 aliphatic heterocycles. The molecule has 0 saturated carbocycles. The summed E-state index contributed by atoms with van der Waals surface area (Å²) >= 11 is 0. The maximum absolute atomic E-state index is 12.0. The predicted octanol–water partition coefficient (Wildman–Crippen LogP) is 2.77. The van der Waals surface area contributed by atoms with E-state index in [4.69, 9.17) is 24.5 Å². The van der Waals surface area contributed by atoms with Gasteiger partial charge in [0.15, 0.2) is 0 Å². The van der Waals surface area contributed by atoms with Crippen molar-refractivity contribution in [1.82, 2.24) is 4.90 Å². The second kappa shape index (κ2) is 10.4. The molecule has 0 aliphatic carbocycles. The Balaban J connectivity index is 0.000000409. The zero-order valence-corrected chi connectivity index (χ0v) is 15.8. The van der Waals surface area contributed by atoms with Crippen molar-refractivity contribution in [3.05, 3.63) is 48.0 Å². The molecule has 28 heavy (non-hydrogen) atoms. The zero-order valence-electron chi connectivity index (χ0n) is 15.8. The first-order valence-corrected chi connectivity index (χ1v) is 9.24. The largest absolute Gasteiger partial charge is 0.473 e. The average molecular weight is 387 g/mol. The van der Waals surface area contributed by atoms with Gasteiger partial charge in [-0.25, -0.2) is 9.59 Å². The summed E-state index contributed by atoms with van der Waals surface area (Å²) in [6.45, 7) is 5.10. The van der Waals surface area contributed by atoms with Gasteiger partial charge in [-0.2, -0.15) is 0 Å². The van der Waals surface area contributed by atoms with Crippen molar-refractivity contribution in [2.45, 2.75) is 26.3 Å². The van der Waals surface area contributed by atoms with Crippen LogP contribution >= 0.6 is 0 Å². The Morgan fingerprint density at radius 3 is 2.43 bits per heavy atom. The van der Waals surface area contributed by atoms with Crippen LogP contribution in [0.5, 0.6) is 0 Å². The minimum atomic E-state index is -1.82. The van der Waals surface area contributed by atoms with Crippen molar-refractivity contribution in [2.24, 2.45) is 5.92 Å².